The number of nitrogens with two attached hydrogens (primary N) is 1. The minimum atomic E-state index is -3.37. The van der Waals surface area contributed by atoms with Gasteiger partial charge in [-0.05, 0) is 43.4 Å². The first kappa shape index (κ1) is 22.7. The normalized spacial score (nSPS) is 16.4. The molecule has 8 heteroatoms. The van der Waals surface area contributed by atoms with Crippen LogP contribution in [0.15, 0.2) is 24.3 Å². The van der Waals surface area contributed by atoms with Crippen LogP contribution in [-0.4, -0.2) is 32.7 Å². The summed E-state index contributed by atoms with van der Waals surface area (Å²) in [5.41, 5.74) is 6.71. The maximum absolute atomic E-state index is 12.6. The van der Waals surface area contributed by atoms with E-state index in [0.717, 1.165) is 12.8 Å². The Kier molecular flexibility index (Phi) is 9.39. The number of carbonyl (C=O) groups excluding carboxylic acids is 1. The number of anilines is 1. The van der Waals surface area contributed by atoms with Crippen molar-refractivity contribution in [3.05, 3.63) is 29.8 Å². The van der Waals surface area contributed by atoms with E-state index in [0.29, 0.717) is 30.1 Å². The summed E-state index contributed by atoms with van der Waals surface area (Å²) in [7, 11) is -3.37. The van der Waals surface area contributed by atoms with Crippen molar-refractivity contribution in [1.29, 1.82) is 0 Å². The number of sulfonamides is 1. The SMILES string of the molecule is CCCS(=O)(=O)Nc1cccc(C(=O)NC(CN)C2CCCCC2)c1.Cl. The van der Waals surface area contributed by atoms with Crippen molar-refractivity contribution in [3.63, 3.8) is 0 Å². The van der Waals surface area contributed by atoms with Crippen LogP contribution >= 0.6 is 12.4 Å². The fourth-order valence-corrected chi connectivity index (χ4v) is 4.51. The summed E-state index contributed by atoms with van der Waals surface area (Å²) in [5, 5.41) is 3.03. The summed E-state index contributed by atoms with van der Waals surface area (Å²) < 4.78 is 26.3. The molecule has 1 aliphatic rings. The number of hydrogen-bond acceptors (Lipinski definition) is 4. The Bertz CT molecular complexity index is 676. The van der Waals surface area contributed by atoms with Crippen LogP contribution in [0, 0.1) is 5.92 Å². The zero-order chi connectivity index (χ0) is 18.3. The highest BCUT2D eigenvalue weighted by atomic mass is 35.5. The molecule has 0 bridgehead atoms. The Morgan fingerprint density at radius 2 is 1.96 bits per heavy atom. The van der Waals surface area contributed by atoms with Crippen molar-refractivity contribution >= 4 is 34.0 Å². The van der Waals surface area contributed by atoms with Gasteiger partial charge in [-0.25, -0.2) is 8.42 Å². The standard InChI is InChI=1S/C18H29N3O3S.ClH/c1-2-11-25(23,24)21-16-10-6-9-15(12-16)18(22)20-17(13-19)14-7-4-3-5-8-14;/h6,9-10,12,14,17,21H,2-5,7-8,11,13,19H2,1H3,(H,20,22);1H. The highest BCUT2D eigenvalue weighted by Gasteiger charge is 2.24. The molecule has 1 aliphatic carbocycles. The van der Waals surface area contributed by atoms with E-state index in [9.17, 15) is 13.2 Å². The largest absolute Gasteiger partial charge is 0.348 e. The summed E-state index contributed by atoms with van der Waals surface area (Å²) in [5.74, 6) is 0.270. The highest BCUT2D eigenvalue weighted by molar-refractivity contribution is 7.92. The van der Waals surface area contributed by atoms with Gasteiger partial charge in [-0.3, -0.25) is 9.52 Å². The minimum absolute atomic E-state index is 0. The van der Waals surface area contributed by atoms with Crippen LogP contribution < -0.4 is 15.8 Å². The number of benzene rings is 1. The van der Waals surface area contributed by atoms with Gasteiger partial charge in [0.05, 0.1) is 5.75 Å². The second-order valence-electron chi connectivity index (χ2n) is 6.72. The second kappa shape index (κ2) is 10.7. The van der Waals surface area contributed by atoms with E-state index in [1.54, 1.807) is 31.2 Å². The van der Waals surface area contributed by atoms with E-state index in [2.05, 4.69) is 10.0 Å². The van der Waals surface area contributed by atoms with E-state index in [-0.39, 0.29) is 30.1 Å². The molecular formula is C18H30ClN3O3S. The topological polar surface area (TPSA) is 101 Å². The lowest BCUT2D eigenvalue weighted by Crippen LogP contribution is -2.45. The first-order chi connectivity index (χ1) is 11.9. The number of amides is 1. The van der Waals surface area contributed by atoms with Gasteiger partial charge >= 0.3 is 0 Å². The van der Waals surface area contributed by atoms with Crippen molar-refractivity contribution in [2.45, 2.75) is 51.5 Å². The first-order valence-corrected chi connectivity index (χ1v) is 10.7. The van der Waals surface area contributed by atoms with Crippen LogP contribution in [0.4, 0.5) is 5.69 Å². The van der Waals surface area contributed by atoms with Gasteiger partial charge < -0.3 is 11.1 Å². The molecule has 1 amide bonds. The maximum atomic E-state index is 12.6. The monoisotopic (exact) mass is 403 g/mol. The highest BCUT2D eigenvalue weighted by Crippen LogP contribution is 2.26. The molecule has 2 rings (SSSR count). The minimum Gasteiger partial charge on any atom is -0.348 e. The number of halogens is 1. The fraction of sp³-hybridized carbons (Fsp3) is 0.611. The summed E-state index contributed by atoms with van der Waals surface area (Å²) >= 11 is 0. The van der Waals surface area contributed by atoms with E-state index in [1.807, 2.05) is 0 Å². The van der Waals surface area contributed by atoms with E-state index >= 15 is 0 Å². The van der Waals surface area contributed by atoms with Gasteiger partial charge in [0.25, 0.3) is 5.91 Å². The van der Waals surface area contributed by atoms with Crippen molar-refractivity contribution < 1.29 is 13.2 Å². The van der Waals surface area contributed by atoms with E-state index in [1.165, 1.54) is 19.3 Å². The molecule has 0 aromatic heterocycles. The average molecular weight is 404 g/mol. The molecule has 1 atom stereocenters. The van der Waals surface area contributed by atoms with Gasteiger partial charge in [0.1, 0.15) is 0 Å². The number of carbonyl (C=O) groups is 1. The third-order valence-electron chi connectivity index (χ3n) is 4.66. The van der Waals surface area contributed by atoms with Gasteiger partial charge in [0, 0.05) is 23.8 Å². The van der Waals surface area contributed by atoms with Gasteiger partial charge in [-0.1, -0.05) is 32.3 Å². The van der Waals surface area contributed by atoms with Crippen LogP contribution in [-0.2, 0) is 10.0 Å². The zero-order valence-electron chi connectivity index (χ0n) is 15.2. The third kappa shape index (κ3) is 6.78. The van der Waals surface area contributed by atoms with Gasteiger partial charge in [0.2, 0.25) is 10.0 Å². The van der Waals surface area contributed by atoms with Crippen molar-refractivity contribution in [2.24, 2.45) is 11.7 Å². The van der Waals surface area contributed by atoms with Crippen LogP contribution in [0.5, 0.6) is 0 Å². The van der Waals surface area contributed by atoms with Gasteiger partial charge in [0.15, 0.2) is 0 Å². The van der Waals surface area contributed by atoms with Gasteiger partial charge in [-0.15, -0.1) is 12.4 Å². The lowest BCUT2D eigenvalue weighted by Gasteiger charge is -2.30. The smallest absolute Gasteiger partial charge is 0.251 e. The predicted molar refractivity (Wildman–Crippen MR) is 108 cm³/mol. The fourth-order valence-electron chi connectivity index (χ4n) is 3.38. The first-order valence-electron chi connectivity index (χ1n) is 9.06. The molecule has 1 aromatic carbocycles. The van der Waals surface area contributed by atoms with Crippen LogP contribution in [0.25, 0.3) is 0 Å². The van der Waals surface area contributed by atoms with Gasteiger partial charge in [-0.2, -0.15) is 0 Å². The molecule has 26 heavy (non-hydrogen) atoms. The summed E-state index contributed by atoms with van der Waals surface area (Å²) in [6.45, 7) is 2.22. The average Bonchev–Trinajstić information content (AvgIpc) is 2.60. The number of hydrogen-bond donors (Lipinski definition) is 3. The van der Waals surface area contributed by atoms with E-state index in [4.69, 9.17) is 5.73 Å². The quantitative estimate of drug-likeness (QED) is 0.621. The number of nitrogens with one attached hydrogen (secondary N) is 2. The molecule has 148 valence electrons. The molecule has 0 radical (unpaired) electrons. The number of rotatable bonds is 8. The Morgan fingerprint density at radius 1 is 1.27 bits per heavy atom. The summed E-state index contributed by atoms with van der Waals surface area (Å²) in [4.78, 5) is 12.6. The van der Waals surface area contributed by atoms with Crippen molar-refractivity contribution in [3.8, 4) is 0 Å². The Labute approximate surface area is 162 Å². The van der Waals surface area contributed by atoms with Crippen LogP contribution in [0.1, 0.15) is 55.8 Å². The molecule has 1 fully saturated rings. The molecule has 1 saturated carbocycles. The Hall–Kier alpha value is -1.31. The molecule has 4 N–H and O–H groups in total. The second-order valence-corrected chi connectivity index (χ2v) is 8.56. The van der Waals surface area contributed by atoms with E-state index < -0.39 is 10.0 Å². The summed E-state index contributed by atoms with van der Waals surface area (Å²) in [6.07, 6.45) is 6.35. The lowest BCUT2D eigenvalue weighted by molar-refractivity contribution is 0.0915. The molecular weight excluding hydrogens is 374 g/mol. The Balaban J connectivity index is 0.00000338. The van der Waals surface area contributed by atoms with Crippen LogP contribution in [0.3, 0.4) is 0 Å². The Morgan fingerprint density at radius 3 is 2.58 bits per heavy atom. The lowest BCUT2D eigenvalue weighted by atomic mass is 9.84. The summed E-state index contributed by atoms with van der Waals surface area (Å²) in [6, 6.07) is 6.54. The molecule has 1 unspecified atom stereocenters. The molecule has 0 saturated heterocycles. The molecule has 0 spiro atoms. The zero-order valence-corrected chi connectivity index (χ0v) is 16.9. The maximum Gasteiger partial charge on any atom is 0.251 e. The van der Waals surface area contributed by atoms with Crippen molar-refractivity contribution in [2.75, 3.05) is 17.0 Å². The molecule has 0 heterocycles. The van der Waals surface area contributed by atoms with Crippen molar-refractivity contribution in [1.82, 2.24) is 5.32 Å². The molecule has 6 nitrogen and oxygen atoms in total. The van der Waals surface area contributed by atoms with Crippen LogP contribution in [0.2, 0.25) is 0 Å². The molecule has 1 aromatic rings. The third-order valence-corrected chi connectivity index (χ3v) is 6.15. The molecule has 0 aliphatic heterocycles. The predicted octanol–water partition coefficient (Wildman–Crippen LogP) is 2.90.